The molecule has 0 saturated heterocycles. The van der Waals surface area contributed by atoms with E-state index in [0.717, 1.165) is 18.2 Å². The molecule has 1 aromatic carbocycles. The molecule has 0 aliphatic heterocycles. The number of H-pyrrole nitrogens is 1. The monoisotopic (exact) mass is 248 g/mol. The Hall–Kier alpha value is -2.90. The first-order valence-corrected chi connectivity index (χ1v) is 4.85. The molecule has 0 saturated carbocycles. The number of nitrogens with one attached hydrogen (secondary N) is 2. The third-order valence-corrected chi connectivity index (χ3v) is 2.18. The minimum Gasteiger partial charge on any atom is -0.508 e. The molecule has 3 N–H and O–H groups in total. The summed E-state index contributed by atoms with van der Waals surface area (Å²) in [5.74, 6) is -0.919. The molecule has 1 heterocycles. The van der Waals surface area contributed by atoms with Crippen LogP contribution < -0.4 is 5.32 Å². The van der Waals surface area contributed by atoms with E-state index in [1.54, 1.807) is 0 Å². The summed E-state index contributed by atoms with van der Waals surface area (Å²) in [5.41, 5.74) is -0.229. The zero-order valence-electron chi connectivity index (χ0n) is 8.95. The second-order valence-corrected chi connectivity index (χ2v) is 3.40. The number of hydrogen-bond acceptors (Lipinski definition) is 5. The lowest BCUT2D eigenvalue weighted by Gasteiger charge is -2.03. The maximum Gasteiger partial charge on any atom is 0.282 e. The van der Waals surface area contributed by atoms with E-state index in [-0.39, 0.29) is 17.0 Å². The van der Waals surface area contributed by atoms with Crippen LogP contribution in [0.5, 0.6) is 5.75 Å². The average molecular weight is 248 g/mol. The number of carbonyl (C=O) groups is 1. The van der Waals surface area contributed by atoms with Gasteiger partial charge in [0.2, 0.25) is 0 Å². The van der Waals surface area contributed by atoms with Crippen LogP contribution in [0.4, 0.5) is 11.4 Å². The van der Waals surface area contributed by atoms with Crippen molar-refractivity contribution in [3.63, 3.8) is 0 Å². The van der Waals surface area contributed by atoms with Crippen molar-refractivity contribution in [3.05, 3.63) is 46.3 Å². The Morgan fingerprint density at radius 2 is 2.28 bits per heavy atom. The van der Waals surface area contributed by atoms with Crippen molar-refractivity contribution in [3.8, 4) is 5.75 Å². The lowest BCUT2D eigenvalue weighted by molar-refractivity contribution is -0.385. The molecule has 8 nitrogen and oxygen atoms in total. The van der Waals surface area contributed by atoms with Gasteiger partial charge in [0.05, 0.1) is 16.8 Å². The molecule has 0 aliphatic rings. The predicted molar refractivity (Wildman–Crippen MR) is 61.3 cm³/mol. The number of nitro benzene ring substituents is 1. The summed E-state index contributed by atoms with van der Waals surface area (Å²) in [4.78, 5) is 21.9. The van der Waals surface area contributed by atoms with Gasteiger partial charge in [0.25, 0.3) is 11.6 Å². The minimum atomic E-state index is -0.695. The number of anilines is 1. The first-order chi connectivity index (χ1) is 8.58. The van der Waals surface area contributed by atoms with Crippen molar-refractivity contribution >= 4 is 17.3 Å². The minimum absolute atomic E-state index is 0.221. The molecule has 0 aliphatic carbocycles. The van der Waals surface area contributed by atoms with Gasteiger partial charge >= 0.3 is 0 Å². The van der Waals surface area contributed by atoms with Gasteiger partial charge < -0.3 is 10.4 Å². The van der Waals surface area contributed by atoms with Gasteiger partial charge in [-0.25, -0.2) is 0 Å². The normalized spacial score (nSPS) is 10.0. The number of phenols is 1. The van der Waals surface area contributed by atoms with E-state index in [1.807, 2.05) is 0 Å². The summed E-state index contributed by atoms with van der Waals surface area (Å²) in [6, 6.07) is 3.25. The third kappa shape index (κ3) is 2.26. The highest BCUT2D eigenvalue weighted by Gasteiger charge is 2.20. The van der Waals surface area contributed by atoms with Gasteiger partial charge in [-0.1, -0.05) is 0 Å². The van der Waals surface area contributed by atoms with Crippen molar-refractivity contribution in [2.45, 2.75) is 0 Å². The van der Waals surface area contributed by atoms with Crippen LogP contribution in [0, 0.1) is 10.1 Å². The number of aromatic nitrogens is 2. The number of hydrogen-bond donors (Lipinski definition) is 3. The molecule has 92 valence electrons. The van der Waals surface area contributed by atoms with Crippen LogP contribution in [0.15, 0.2) is 30.6 Å². The van der Waals surface area contributed by atoms with E-state index in [4.69, 9.17) is 0 Å². The molecule has 2 rings (SSSR count). The van der Waals surface area contributed by atoms with Crippen molar-refractivity contribution in [2.75, 3.05) is 5.32 Å². The number of nitrogens with zero attached hydrogens (tertiary/aromatic N) is 2. The first-order valence-electron chi connectivity index (χ1n) is 4.85. The van der Waals surface area contributed by atoms with E-state index in [1.165, 1.54) is 12.4 Å². The standard InChI is InChI=1S/C10H8N4O4/c15-7-1-2-9(14(17)18)8(3-7)10(16)13-6-4-11-12-5-6/h1-5,15H,(H,11,12)(H,13,16). The van der Waals surface area contributed by atoms with Crippen LogP contribution in [-0.2, 0) is 0 Å². The first kappa shape index (κ1) is 11.6. The Morgan fingerprint density at radius 1 is 1.50 bits per heavy atom. The zero-order chi connectivity index (χ0) is 13.1. The number of aromatic hydroxyl groups is 1. The number of nitro groups is 1. The Balaban J connectivity index is 2.34. The summed E-state index contributed by atoms with van der Waals surface area (Å²) >= 11 is 0. The van der Waals surface area contributed by atoms with E-state index >= 15 is 0 Å². The number of amides is 1. The van der Waals surface area contributed by atoms with Crippen LogP contribution in [0.25, 0.3) is 0 Å². The molecule has 18 heavy (non-hydrogen) atoms. The number of rotatable bonds is 3. The Morgan fingerprint density at radius 3 is 2.89 bits per heavy atom. The van der Waals surface area contributed by atoms with Gasteiger partial charge in [0.1, 0.15) is 11.3 Å². The SMILES string of the molecule is O=C(Nc1cn[nH]c1)c1cc(O)ccc1[N+](=O)[O-]. The van der Waals surface area contributed by atoms with Gasteiger partial charge in [-0.05, 0) is 12.1 Å². The average Bonchev–Trinajstić information content (AvgIpc) is 2.81. The maximum absolute atomic E-state index is 11.8. The van der Waals surface area contributed by atoms with Crippen LogP contribution in [0.3, 0.4) is 0 Å². The Kier molecular flexibility index (Phi) is 2.92. The summed E-state index contributed by atoms with van der Waals surface area (Å²) < 4.78 is 0. The fourth-order valence-corrected chi connectivity index (χ4v) is 1.38. The molecule has 1 amide bonds. The van der Waals surface area contributed by atoms with Crippen LogP contribution in [0.2, 0.25) is 0 Å². The second kappa shape index (κ2) is 4.53. The molecule has 0 radical (unpaired) electrons. The molecular weight excluding hydrogens is 240 g/mol. The van der Waals surface area contributed by atoms with E-state index in [2.05, 4.69) is 15.5 Å². The number of aromatic amines is 1. The van der Waals surface area contributed by atoms with Crippen LogP contribution in [-0.4, -0.2) is 26.1 Å². The molecule has 0 fully saturated rings. The largest absolute Gasteiger partial charge is 0.508 e. The number of benzene rings is 1. The maximum atomic E-state index is 11.8. The Labute approximate surface area is 100 Å². The van der Waals surface area contributed by atoms with Gasteiger partial charge in [-0.3, -0.25) is 20.0 Å². The smallest absolute Gasteiger partial charge is 0.282 e. The van der Waals surface area contributed by atoms with Crippen LogP contribution >= 0.6 is 0 Å². The summed E-state index contributed by atoms with van der Waals surface area (Å²) in [6.45, 7) is 0. The fraction of sp³-hybridized carbons (Fsp3) is 0. The Bertz CT molecular complexity index is 594. The van der Waals surface area contributed by atoms with Crippen molar-refractivity contribution in [1.82, 2.24) is 10.2 Å². The highest BCUT2D eigenvalue weighted by atomic mass is 16.6. The summed E-state index contributed by atoms with van der Waals surface area (Å²) in [5, 5.41) is 28.6. The van der Waals surface area contributed by atoms with Gasteiger partial charge in [0, 0.05) is 12.3 Å². The topological polar surface area (TPSA) is 121 Å². The quantitative estimate of drug-likeness (QED) is 0.557. The number of phenolic OH excluding ortho intramolecular Hbond substituents is 1. The second-order valence-electron chi connectivity index (χ2n) is 3.40. The summed E-state index contributed by atoms with van der Waals surface area (Å²) in [7, 11) is 0. The zero-order valence-corrected chi connectivity index (χ0v) is 8.95. The van der Waals surface area contributed by atoms with Crippen molar-refractivity contribution in [2.24, 2.45) is 0 Å². The predicted octanol–water partition coefficient (Wildman–Crippen LogP) is 1.28. The lowest BCUT2D eigenvalue weighted by atomic mass is 10.1. The fourth-order valence-electron chi connectivity index (χ4n) is 1.38. The van der Waals surface area contributed by atoms with Gasteiger partial charge in [0.15, 0.2) is 0 Å². The van der Waals surface area contributed by atoms with E-state index < -0.39 is 10.8 Å². The number of carbonyl (C=O) groups excluding carboxylic acids is 1. The van der Waals surface area contributed by atoms with E-state index in [9.17, 15) is 20.0 Å². The van der Waals surface area contributed by atoms with Gasteiger partial charge in [-0.15, -0.1) is 0 Å². The molecule has 1 aromatic heterocycles. The van der Waals surface area contributed by atoms with Crippen molar-refractivity contribution in [1.29, 1.82) is 0 Å². The summed E-state index contributed by atoms with van der Waals surface area (Å²) in [6.07, 6.45) is 2.78. The molecule has 0 bridgehead atoms. The van der Waals surface area contributed by atoms with Crippen LogP contribution in [0.1, 0.15) is 10.4 Å². The highest BCUT2D eigenvalue weighted by Crippen LogP contribution is 2.24. The molecule has 0 unspecified atom stereocenters. The van der Waals surface area contributed by atoms with Gasteiger partial charge in [-0.2, -0.15) is 5.10 Å². The highest BCUT2D eigenvalue weighted by molar-refractivity contribution is 6.07. The molecule has 8 heteroatoms. The molecule has 2 aromatic rings. The molecule has 0 spiro atoms. The van der Waals surface area contributed by atoms with E-state index in [0.29, 0.717) is 5.69 Å². The lowest BCUT2D eigenvalue weighted by Crippen LogP contribution is -2.13. The third-order valence-electron chi connectivity index (χ3n) is 2.18. The molecular formula is C10H8N4O4. The molecule has 0 atom stereocenters. The van der Waals surface area contributed by atoms with Crippen molar-refractivity contribution < 1.29 is 14.8 Å².